The van der Waals surface area contributed by atoms with Gasteiger partial charge in [0, 0.05) is 110 Å². The maximum Gasteiger partial charge on any atom is 0.243 e. The number of nitrogens with zero attached hydrogens (tertiary/aromatic N) is 3. The van der Waals surface area contributed by atoms with Gasteiger partial charge in [-0.2, -0.15) is 0 Å². The van der Waals surface area contributed by atoms with Crippen molar-refractivity contribution in [2.75, 3.05) is 38.8 Å². The minimum Gasteiger partial charge on any atom is -0.370 e. The van der Waals surface area contributed by atoms with Crippen LogP contribution in [0, 0.1) is 11.8 Å². The number of H-pyrrole nitrogens is 3. The molecule has 81 heavy (non-hydrogen) atoms. The molecule has 0 radical (unpaired) electrons. The Morgan fingerprint density at radius 1 is 0.778 bits per heavy atom. The number of nitrogens with one attached hydrogen (secondary N) is 11. The summed E-state index contributed by atoms with van der Waals surface area (Å²) < 4.78 is 0. The van der Waals surface area contributed by atoms with E-state index < -0.39 is 96.0 Å². The molecular weight excluding hydrogens is 1060 g/mol. The molecule has 1 fully saturated rings. The summed E-state index contributed by atoms with van der Waals surface area (Å²) in [4.78, 5) is 140. The lowest BCUT2D eigenvalue weighted by Crippen LogP contribution is -2.60. The summed E-state index contributed by atoms with van der Waals surface area (Å²) >= 11 is 1.65. The number of rotatable bonds is 27. The number of benzene rings is 2. The molecule has 436 valence electrons. The minimum absolute atomic E-state index is 0.0144. The fourth-order valence-corrected chi connectivity index (χ4v) is 11.4. The summed E-state index contributed by atoms with van der Waals surface area (Å²) in [6.45, 7) is 9.11. The molecule has 0 bridgehead atoms. The number of likely N-dealkylation sites (N-methyl/N-ethyl adjacent to an activating group) is 1. The highest BCUT2D eigenvalue weighted by Gasteiger charge is 2.37. The lowest BCUT2D eigenvalue weighted by molar-refractivity contribution is -0.135. The van der Waals surface area contributed by atoms with Crippen molar-refractivity contribution < 1.29 is 43.2 Å². The van der Waals surface area contributed by atoms with Crippen LogP contribution >= 0.6 is 11.8 Å². The average molecular weight is 1140 g/mol. The number of carbonyl (C=O) groups excluding carboxylic acids is 9. The number of aromatic nitrogens is 4. The van der Waals surface area contributed by atoms with E-state index in [2.05, 4.69) is 67.4 Å². The van der Waals surface area contributed by atoms with Crippen LogP contribution in [0.2, 0.25) is 0 Å². The molecular formula is C56H77N15O9S. The molecule has 0 unspecified atom stereocenters. The van der Waals surface area contributed by atoms with E-state index >= 15 is 0 Å². The van der Waals surface area contributed by atoms with E-state index in [1.54, 1.807) is 57.0 Å². The zero-order valence-corrected chi connectivity index (χ0v) is 47.7. The van der Waals surface area contributed by atoms with Crippen LogP contribution in [-0.4, -0.2) is 170 Å². The van der Waals surface area contributed by atoms with Crippen LogP contribution in [0.3, 0.4) is 0 Å². The first-order valence-corrected chi connectivity index (χ1v) is 28.5. The minimum atomic E-state index is -1.32. The average Bonchev–Trinajstić information content (AvgIpc) is 4.45. The first kappa shape index (κ1) is 60.9. The summed E-state index contributed by atoms with van der Waals surface area (Å²) in [6, 6.07) is 7.58. The Kier molecular flexibility index (Phi) is 21.1. The van der Waals surface area contributed by atoms with Gasteiger partial charge in [-0.05, 0) is 61.3 Å². The van der Waals surface area contributed by atoms with Gasteiger partial charge in [-0.1, -0.05) is 64.1 Å². The van der Waals surface area contributed by atoms with Crippen molar-refractivity contribution in [3.63, 3.8) is 0 Å². The quantitative estimate of drug-likeness (QED) is 0.0338. The highest BCUT2D eigenvalue weighted by molar-refractivity contribution is 7.99. The number of thioether (sulfide) groups is 1. The number of amides is 9. The largest absolute Gasteiger partial charge is 0.370 e. The van der Waals surface area contributed by atoms with Gasteiger partial charge in [0.05, 0.1) is 25.0 Å². The summed E-state index contributed by atoms with van der Waals surface area (Å²) in [5, 5.41) is 24.3. The Morgan fingerprint density at radius 2 is 1.47 bits per heavy atom. The predicted molar refractivity (Wildman–Crippen MR) is 306 cm³/mol. The first-order chi connectivity index (χ1) is 38.6. The molecule has 2 aliphatic heterocycles. The zero-order valence-electron chi connectivity index (χ0n) is 46.9. The third-order valence-corrected chi connectivity index (χ3v) is 15.6. The van der Waals surface area contributed by atoms with E-state index in [0.717, 1.165) is 33.1 Å². The molecule has 1 saturated heterocycles. The smallest absolute Gasteiger partial charge is 0.243 e. The van der Waals surface area contributed by atoms with Crippen molar-refractivity contribution in [2.45, 2.75) is 128 Å². The Labute approximate surface area is 474 Å². The SMILES string of the molecule is CC(C)C[C@@H](CN1CSC[C@H]1C(=O)N(C)C)NC(=O)[C@H](Cc1cnc[nH]1)NC(=O)CNC(=O)[C@@H](NC(=O)[C@H](C)NC(=O)[C@H](Cc1c[nH]c2ccccc12)NC(=O)[C@H](CCC(N)=O)NC(=O)[C@H]1Cc2c([nH]c3ccccc23)CN1)C(C)C. The third-order valence-electron chi connectivity index (χ3n) is 14.5. The molecule has 3 aromatic heterocycles. The van der Waals surface area contributed by atoms with Crippen molar-refractivity contribution >= 4 is 86.7 Å². The Balaban J connectivity index is 0.983. The van der Waals surface area contributed by atoms with Crippen LogP contribution in [0.5, 0.6) is 0 Å². The van der Waals surface area contributed by atoms with E-state index in [1.807, 2.05) is 62.4 Å². The van der Waals surface area contributed by atoms with Crippen LogP contribution in [0.1, 0.15) is 76.4 Å². The van der Waals surface area contributed by atoms with Crippen LogP contribution in [0.4, 0.5) is 0 Å². The maximum atomic E-state index is 14.4. The van der Waals surface area contributed by atoms with Gasteiger partial charge < -0.3 is 62.8 Å². The molecule has 2 aromatic carbocycles. The first-order valence-electron chi connectivity index (χ1n) is 27.4. The van der Waals surface area contributed by atoms with Gasteiger partial charge in [0.15, 0.2) is 0 Å². The maximum absolute atomic E-state index is 14.4. The summed E-state index contributed by atoms with van der Waals surface area (Å²) in [5.41, 5.74) is 10.4. The Morgan fingerprint density at radius 3 is 2.16 bits per heavy atom. The van der Waals surface area contributed by atoms with Gasteiger partial charge in [0.2, 0.25) is 53.2 Å². The lowest BCUT2D eigenvalue weighted by atomic mass is 9.97. The number of nitrogens with two attached hydrogens (primary N) is 1. The number of para-hydroxylation sites is 2. The second-order valence-electron chi connectivity index (χ2n) is 21.9. The monoisotopic (exact) mass is 1140 g/mol. The zero-order chi connectivity index (χ0) is 58.5. The van der Waals surface area contributed by atoms with Gasteiger partial charge in [-0.15, -0.1) is 11.8 Å². The van der Waals surface area contributed by atoms with Gasteiger partial charge in [0.25, 0.3) is 0 Å². The molecule has 5 heterocycles. The molecule has 7 rings (SSSR count). The number of imidazole rings is 1. The van der Waals surface area contributed by atoms with E-state index in [4.69, 9.17) is 5.73 Å². The number of carbonyl (C=O) groups is 9. The standard InChI is InChI=1S/C56H77N15O9S/c1-30(2)18-35(26-71-29-81-27-46(71)56(80)70(6)7)64-54(78)44(20-34-23-58-28-62-34)66-48(73)25-61-55(79)49(31(3)4)69-50(74)32(5)63-53(77)43(19-33-22-59-39-14-10-8-12-36(33)39)68-51(75)41(16-17-47(57)72)67-52(76)42-21-38-37-13-9-11-15-40(37)65-45(38)24-60-42/h8-15,22-23,28,30-32,35,41-44,46,49,59-60,65H,16-21,24-27,29H2,1-7H3,(H2,57,72)(H,58,62)(H,61,79)(H,63,77)(H,64,78)(H,66,73)(H,67,76)(H,68,75)(H,69,74)/t32-,35-,41-,42+,43-,44-,46-,49-/m0/s1. The predicted octanol–water partition coefficient (Wildman–Crippen LogP) is 0.348. The normalized spacial score (nSPS) is 17.5. The number of aromatic amines is 3. The number of fused-ring (bicyclic) bond motifs is 4. The van der Waals surface area contributed by atoms with E-state index in [1.165, 1.54) is 13.3 Å². The molecule has 13 N–H and O–H groups in total. The lowest BCUT2D eigenvalue weighted by Gasteiger charge is -2.31. The van der Waals surface area contributed by atoms with Crippen molar-refractivity contribution in [1.29, 1.82) is 0 Å². The van der Waals surface area contributed by atoms with Crippen LogP contribution in [0.25, 0.3) is 21.8 Å². The number of hydrogen-bond donors (Lipinski definition) is 12. The molecule has 5 aromatic rings. The van der Waals surface area contributed by atoms with Crippen LogP contribution in [-0.2, 0) is 69.0 Å². The van der Waals surface area contributed by atoms with Crippen molar-refractivity contribution in [3.8, 4) is 0 Å². The van der Waals surface area contributed by atoms with Gasteiger partial charge >= 0.3 is 0 Å². The summed E-state index contributed by atoms with van der Waals surface area (Å²) in [5.74, 6) is -4.38. The van der Waals surface area contributed by atoms with Gasteiger partial charge in [-0.25, -0.2) is 4.98 Å². The number of primary amides is 1. The molecule has 0 aliphatic carbocycles. The fraction of sp³-hybridized carbons (Fsp3) is 0.500. The second kappa shape index (κ2) is 28.1. The van der Waals surface area contributed by atoms with E-state index in [0.29, 0.717) is 48.8 Å². The molecule has 0 spiro atoms. The van der Waals surface area contributed by atoms with Crippen molar-refractivity contribution in [1.82, 2.24) is 72.3 Å². The van der Waals surface area contributed by atoms with E-state index in [9.17, 15) is 43.2 Å². The molecule has 9 amide bonds. The van der Waals surface area contributed by atoms with E-state index in [-0.39, 0.29) is 49.6 Å². The van der Waals surface area contributed by atoms with Crippen LogP contribution in [0.15, 0.2) is 67.3 Å². The fourth-order valence-electron chi connectivity index (χ4n) is 10.2. The number of hydrogen-bond acceptors (Lipinski definition) is 13. The van der Waals surface area contributed by atoms with Gasteiger partial charge in [-0.3, -0.25) is 53.4 Å². The highest BCUT2D eigenvalue weighted by Crippen LogP contribution is 2.27. The summed E-state index contributed by atoms with van der Waals surface area (Å²) in [7, 11) is 3.43. The third kappa shape index (κ3) is 16.4. The molecule has 0 saturated carbocycles. The van der Waals surface area contributed by atoms with Crippen molar-refractivity contribution in [2.24, 2.45) is 17.6 Å². The molecule has 24 nitrogen and oxygen atoms in total. The molecule has 2 aliphatic rings. The Bertz CT molecular complexity index is 3050. The van der Waals surface area contributed by atoms with Gasteiger partial charge in [0.1, 0.15) is 30.2 Å². The summed E-state index contributed by atoms with van der Waals surface area (Å²) in [6.07, 6.45) is 5.22. The topological polar surface area (TPSA) is 343 Å². The Hall–Kier alpha value is -7.77. The highest BCUT2D eigenvalue weighted by atomic mass is 32.2. The molecule has 8 atom stereocenters. The second-order valence-corrected chi connectivity index (χ2v) is 22.9. The molecule has 25 heteroatoms. The van der Waals surface area contributed by atoms with Crippen molar-refractivity contribution in [3.05, 3.63) is 89.8 Å². The van der Waals surface area contributed by atoms with Crippen LogP contribution < -0.4 is 48.3 Å².